The molecule has 0 spiro atoms. The molecule has 0 unspecified atom stereocenters. The zero-order valence-electron chi connectivity index (χ0n) is 8.24. The Bertz CT molecular complexity index is 418. The topological polar surface area (TPSA) is 177 Å². The average Bonchev–Trinajstić information content (AvgIpc) is 2.02. The van der Waals surface area contributed by atoms with Crippen molar-refractivity contribution in [3.63, 3.8) is 0 Å². The molecule has 0 fully saturated rings. The van der Waals surface area contributed by atoms with Gasteiger partial charge in [0.25, 0.3) is 0 Å². The van der Waals surface area contributed by atoms with Gasteiger partial charge in [0.1, 0.15) is 6.79 Å². The van der Waals surface area contributed by atoms with Crippen molar-refractivity contribution < 1.29 is 47.3 Å². The van der Waals surface area contributed by atoms with Crippen LogP contribution in [0.15, 0.2) is 0 Å². The van der Waals surface area contributed by atoms with Crippen LogP contribution >= 0.6 is 0 Å². The number of rotatable bonds is 2. The summed E-state index contributed by atoms with van der Waals surface area (Å²) >= 11 is 0. The Kier molecular flexibility index (Phi) is 7.93. The first-order valence-electron chi connectivity index (χ1n) is 3.16. The average molecular weight is 258 g/mol. The van der Waals surface area contributed by atoms with Gasteiger partial charge in [0, 0.05) is 0 Å². The second-order valence-electron chi connectivity index (χ2n) is 1.93. The summed E-state index contributed by atoms with van der Waals surface area (Å²) in [5, 5.41) is 0. The number of anilines is 3. The predicted octanol–water partition coefficient (Wildman–Crippen LogP) is -5.27. The fraction of sp³-hybridized carbons (Fsp3) is 0. The number of nitrogens with one attached hydrogen (secondary N) is 1. The fourth-order valence-electron chi connectivity index (χ4n) is 0.567. The van der Waals surface area contributed by atoms with E-state index in [-0.39, 0.29) is 41.5 Å². The molecule has 1 aromatic heterocycles. The van der Waals surface area contributed by atoms with Crippen molar-refractivity contribution in [1.82, 2.24) is 15.0 Å². The van der Waals surface area contributed by atoms with Crippen molar-refractivity contribution in [2.75, 3.05) is 16.2 Å². The van der Waals surface area contributed by atoms with Crippen molar-refractivity contribution >= 4 is 34.9 Å². The van der Waals surface area contributed by atoms with Gasteiger partial charge in [0.15, 0.2) is 10.3 Å². The number of nitrogens with zero attached hydrogens (tertiary/aromatic N) is 3. The van der Waals surface area contributed by atoms with Gasteiger partial charge in [-0.2, -0.15) is 15.0 Å². The van der Waals surface area contributed by atoms with Gasteiger partial charge in [0.2, 0.25) is 17.8 Å². The molecule has 10 nitrogen and oxygen atoms in total. The fourth-order valence-corrected chi connectivity index (χ4v) is 0.882. The van der Waals surface area contributed by atoms with Crippen LogP contribution < -0.4 is 45.7 Å². The molecule has 0 atom stereocenters. The summed E-state index contributed by atoms with van der Waals surface area (Å²) < 4.78 is 32.0. The number of aromatic nitrogens is 3. The Morgan fingerprint density at radius 2 is 1.50 bits per heavy atom. The van der Waals surface area contributed by atoms with Gasteiger partial charge in [-0.25, -0.2) is 8.42 Å². The maximum absolute atomic E-state index is 10.2. The first-order valence-corrected chi connectivity index (χ1v) is 4.57. The molecule has 1 rings (SSSR count). The van der Waals surface area contributed by atoms with Gasteiger partial charge in [-0.3, -0.25) is 4.72 Å². The molecule has 0 aliphatic rings. The van der Waals surface area contributed by atoms with E-state index in [2.05, 4.69) is 15.0 Å². The Hall–Kier alpha value is -1.01. The Morgan fingerprint density at radius 3 is 1.81 bits per heavy atom. The van der Waals surface area contributed by atoms with Crippen LogP contribution in [0, 0.1) is 0 Å². The van der Waals surface area contributed by atoms with Crippen LogP contribution in [0.4, 0.5) is 17.8 Å². The zero-order chi connectivity index (χ0) is 12.1. The van der Waals surface area contributed by atoms with E-state index in [1.807, 2.05) is 6.79 Å². The maximum atomic E-state index is 10.2. The third-order valence-electron chi connectivity index (χ3n) is 0.886. The van der Waals surface area contributed by atoms with Gasteiger partial charge in [0.05, 0.1) is 0 Å². The third-order valence-corrected chi connectivity index (χ3v) is 1.32. The van der Waals surface area contributed by atoms with E-state index in [0.717, 1.165) is 0 Å². The summed E-state index contributed by atoms with van der Waals surface area (Å²) in [6.45, 7) is 2.00. The molecule has 0 aliphatic heterocycles. The van der Waals surface area contributed by atoms with Crippen LogP contribution in [0.25, 0.3) is 0 Å². The molecule has 0 radical (unpaired) electrons. The number of hydrogen-bond acceptors (Lipinski definition) is 9. The van der Waals surface area contributed by atoms with Crippen LogP contribution in [0.3, 0.4) is 0 Å². The van der Waals surface area contributed by atoms with Crippen molar-refractivity contribution in [1.29, 1.82) is 0 Å². The summed E-state index contributed by atoms with van der Waals surface area (Å²) in [5.74, 6) is -1.06. The molecular weight excluding hydrogens is 251 g/mol. The number of hydrogen-bond donors (Lipinski definition) is 3. The first-order chi connectivity index (χ1) is 6.87. The molecule has 5 N–H and O–H groups in total. The molecule has 1 aromatic rings. The van der Waals surface area contributed by atoms with Gasteiger partial charge in [-0.05, 0) is 0 Å². The first kappa shape index (κ1) is 17.4. The number of carbonyl (C=O) groups is 1. The summed E-state index contributed by atoms with van der Waals surface area (Å²) in [7, 11) is -4.67. The second-order valence-corrected chi connectivity index (χ2v) is 3.04. The number of nitrogens with two attached hydrogens (primary N) is 2. The summed E-state index contributed by atoms with van der Waals surface area (Å²) in [4.78, 5) is 18.0. The zero-order valence-corrected chi connectivity index (χ0v) is 11.1. The van der Waals surface area contributed by atoms with Gasteiger partial charge < -0.3 is 20.8 Å². The van der Waals surface area contributed by atoms with Crippen LogP contribution in [-0.2, 0) is 15.1 Å². The third kappa shape index (κ3) is 7.30. The normalized spacial score (nSPS) is 9.31. The molecule has 12 heteroatoms. The molecular formula is C4H7N6NaO4S. The smallest absolute Gasteiger partial charge is 0.731 e. The summed E-state index contributed by atoms with van der Waals surface area (Å²) in [6.07, 6.45) is 0. The molecule has 16 heavy (non-hydrogen) atoms. The molecule has 84 valence electrons. The quantitative estimate of drug-likeness (QED) is 0.345. The van der Waals surface area contributed by atoms with Crippen LogP contribution in [-0.4, -0.2) is 34.7 Å². The van der Waals surface area contributed by atoms with Gasteiger partial charge >= 0.3 is 29.6 Å². The Balaban J connectivity index is 0. The molecule has 0 saturated heterocycles. The van der Waals surface area contributed by atoms with Crippen molar-refractivity contribution in [3.05, 3.63) is 0 Å². The van der Waals surface area contributed by atoms with E-state index in [0.29, 0.717) is 0 Å². The van der Waals surface area contributed by atoms with E-state index < -0.39 is 16.3 Å². The van der Waals surface area contributed by atoms with E-state index in [1.54, 1.807) is 0 Å². The number of carbonyl (C=O) groups excluding carboxylic acids is 1. The minimum atomic E-state index is -4.67. The largest absolute Gasteiger partial charge is 1.00 e. The monoisotopic (exact) mass is 258 g/mol. The van der Waals surface area contributed by atoms with E-state index in [9.17, 15) is 13.0 Å². The van der Waals surface area contributed by atoms with Crippen LogP contribution in [0.5, 0.6) is 0 Å². The Morgan fingerprint density at radius 1 is 1.12 bits per heavy atom. The van der Waals surface area contributed by atoms with Crippen molar-refractivity contribution in [2.45, 2.75) is 0 Å². The minimum Gasteiger partial charge on any atom is -0.731 e. The molecule has 0 bridgehead atoms. The Labute approximate surface area is 113 Å². The molecule has 0 aliphatic carbocycles. The van der Waals surface area contributed by atoms with Crippen molar-refractivity contribution in [3.8, 4) is 0 Å². The predicted molar refractivity (Wildman–Crippen MR) is 49.1 cm³/mol. The van der Waals surface area contributed by atoms with Gasteiger partial charge in [-0.1, -0.05) is 0 Å². The minimum absolute atomic E-state index is 0. The second kappa shape index (κ2) is 7.29. The van der Waals surface area contributed by atoms with E-state index in [4.69, 9.17) is 16.3 Å². The van der Waals surface area contributed by atoms with E-state index in [1.165, 1.54) is 4.72 Å². The summed E-state index contributed by atoms with van der Waals surface area (Å²) in [5.41, 5.74) is 10.2. The van der Waals surface area contributed by atoms with Crippen molar-refractivity contribution in [2.24, 2.45) is 0 Å². The SMILES string of the molecule is C=O.Nc1nc(N)nc(NS(=O)(=O)[O-])n1.[Na+]. The molecule has 0 amide bonds. The molecule has 1 heterocycles. The van der Waals surface area contributed by atoms with Gasteiger partial charge in [-0.15, -0.1) is 0 Å². The number of nitrogen functional groups attached to an aromatic ring is 2. The van der Waals surface area contributed by atoms with Crippen LogP contribution in [0.2, 0.25) is 0 Å². The maximum Gasteiger partial charge on any atom is 1.00 e. The summed E-state index contributed by atoms with van der Waals surface area (Å²) in [6, 6.07) is 0. The molecule has 0 aromatic carbocycles. The molecule has 0 saturated carbocycles. The standard InChI is InChI=1S/C3H6N6O3S.CH2O.Na/c4-1-6-2(5)8-3(7-1)9-13(10,11)12;1-2;/h(H,10,11,12)(H5,4,5,6,7,8,9);1H2;/q;;+1/p-1. The van der Waals surface area contributed by atoms with E-state index >= 15 is 0 Å². The van der Waals surface area contributed by atoms with Crippen LogP contribution in [0.1, 0.15) is 0 Å².